The van der Waals surface area contributed by atoms with Gasteiger partial charge in [0.1, 0.15) is 0 Å². The van der Waals surface area contributed by atoms with E-state index in [-0.39, 0.29) is 29.9 Å². The van der Waals surface area contributed by atoms with Crippen LogP contribution < -0.4 is 5.19 Å². The van der Waals surface area contributed by atoms with Crippen LogP contribution in [0.3, 0.4) is 0 Å². The predicted molar refractivity (Wildman–Crippen MR) is 154 cm³/mol. The number of hydrogen-bond acceptors (Lipinski definition) is 4. The third-order valence-electron chi connectivity index (χ3n) is 8.03. The summed E-state index contributed by atoms with van der Waals surface area (Å²) in [7, 11) is -4.38. The van der Waals surface area contributed by atoms with E-state index in [9.17, 15) is 13.2 Å². The van der Waals surface area contributed by atoms with Crippen LogP contribution in [0, 0.1) is 6.92 Å². The van der Waals surface area contributed by atoms with E-state index in [1.807, 2.05) is 26.0 Å². The van der Waals surface area contributed by atoms with Gasteiger partial charge in [-0.3, -0.25) is 0 Å². The fraction of sp³-hybridized carbons (Fsp3) is 0.464. The normalized spacial score (nSPS) is 15.0. The summed E-state index contributed by atoms with van der Waals surface area (Å²) in [6, 6.07) is 12.1. The standard InChI is InChI=1S/C28H38BrNO4SSi/c1-8-36(9-2,10-3)26-15-22(23(16-29)19(4)5)24-17-30(18-25(24)27(26)28(31)34-7)35(32,33)21-13-11-20(6)12-14-21/h11-15,23H,4,8-10,16-18H2,1-3,5-7H3. The van der Waals surface area contributed by atoms with Gasteiger partial charge in [0.2, 0.25) is 10.0 Å². The number of methoxy groups -OCH3 is 1. The number of halogens is 1. The molecule has 2 aromatic rings. The van der Waals surface area contributed by atoms with Gasteiger partial charge in [0.25, 0.3) is 0 Å². The molecule has 0 N–H and O–H groups in total. The Labute approximate surface area is 226 Å². The Morgan fingerprint density at radius 1 is 1.11 bits per heavy atom. The van der Waals surface area contributed by atoms with Crippen molar-refractivity contribution in [2.24, 2.45) is 0 Å². The SMILES string of the molecule is C=C(C)C(CBr)c1cc([Si](CC)(CC)CC)c(C(=O)OC)c2c1CN(S(=O)(=O)c1ccc(C)cc1)C2. The highest BCUT2D eigenvalue weighted by Crippen LogP contribution is 2.39. The number of carbonyl (C=O) groups is 1. The summed E-state index contributed by atoms with van der Waals surface area (Å²) in [5.41, 5.74) is 5.37. The third kappa shape index (κ3) is 5.02. The summed E-state index contributed by atoms with van der Waals surface area (Å²) in [4.78, 5) is 13.6. The highest BCUT2D eigenvalue weighted by atomic mass is 79.9. The Balaban J connectivity index is 2.33. The minimum Gasteiger partial charge on any atom is -0.465 e. The Hall–Kier alpha value is -1.74. The number of hydrogen-bond donors (Lipinski definition) is 0. The Morgan fingerprint density at radius 3 is 2.14 bits per heavy atom. The van der Waals surface area contributed by atoms with E-state index in [4.69, 9.17) is 4.74 Å². The van der Waals surface area contributed by atoms with Gasteiger partial charge in [-0.25, -0.2) is 13.2 Å². The molecule has 1 aliphatic heterocycles. The summed E-state index contributed by atoms with van der Waals surface area (Å²) < 4.78 is 34.2. The molecule has 8 heteroatoms. The van der Waals surface area contributed by atoms with Gasteiger partial charge in [-0.2, -0.15) is 4.31 Å². The van der Waals surface area contributed by atoms with Gasteiger partial charge in [0, 0.05) is 24.3 Å². The number of benzene rings is 2. The number of ether oxygens (including phenoxy) is 1. The second-order valence-electron chi connectivity index (χ2n) is 9.82. The lowest BCUT2D eigenvalue weighted by Crippen LogP contribution is -2.49. The van der Waals surface area contributed by atoms with Gasteiger partial charge in [-0.1, -0.05) is 90.7 Å². The monoisotopic (exact) mass is 591 g/mol. The van der Waals surface area contributed by atoms with Gasteiger partial charge in [-0.05, 0) is 47.9 Å². The first-order valence-corrected chi connectivity index (χ1v) is 17.7. The number of carbonyl (C=O) groups excluding carboxylic acids is 1. The molecule has 0 aromatic heterocycles. The maximum absolute atomic E-state index is 13.7. The lowest BCUT2D eigenvalue weighted by atomic mass is 9.87. The van der Waals surface area contributed by atoms with E-state index >= 15 is 0 Å². The molecule has 0 bridgehead atoms. The maximum atomic E-state index is 13.7. The van der Waals surface area contributed by atoms with Crippen molar-refractivity contribution in [1.29, 1.82) is 0 Å². The van der Waals surface area contributed by atoms with Crippen molar-refractivity contribution in [1.82, 2.24) is 4.31 Å². The van der Waals surface area contributed by atoms with Crippen LogP contribution in [-0.4, -0.2) is 39.2 Å². The lowest BCUT2D eigenvalue weighted by molar-refractivity contribution is 0.0600. The molecule has 5 nitrogen and oxygen atoms in total. The van der Waals surface area contributed by atoms with Crippen molar-refractivity contribution in [3.05, 3.63) is 70.3 Å². The zero-order valence-corrected chi connectivity index (χ0v) is 25.7. The summed E-state index contributed by atoms with van der Waals surface area (Å²) >= 11 is 3.67. The van der Waals surface area contributed by atoms with Crippen LogP contribution in [0.25, 0.3) is 0 Å². The quantitative estimate of drug-likeness (QED) is 0.142. The van der Waals surface area contributed by atoms with Crippen molar-refractivity contribution in [2.45, 2.75) is 76.7 Å². The van der Waals surface area contributed by atoms with Crippen LogP contribution in [0.1, 0.15) is 66.2 Å². The molecule has 196 valence electrons. The molecular weight excluding hydrogens is 554 g/mol. The molecule has 0 spiro atoms. The second kappa shape index (κ2) is 11.3. The van der Waals surface area contributed by atoms with Crippen molar-refractivity contribution in [2.75, 3.05) is 12.4 Å². The molecule has 36 heavy (non-hydrogen) atoms. The molecule has 0 radical (unpaired) electrons. The third-order valence-corrected chi connectivity index (χ3v) is 16.1. The van der Waals surface area contributed by atoms with Crippen LogP contribution in [0.2, 0.25) is 18.1 Å². The average Bonchev–Trinajstić information content (AvgIpc) is 3.32. The van der Waals surface area contributed by atoms with Crippen LogP contribution in [0.15, 0.2) is 47.4 Å². The molecule has 1 heterocycles. The summed E-state index contributed by atoms with van der Waals surface area (Å²) in [5.74, 6) is -0.358. The number of alkyl halides is 1. The fourth-order valence-electron chi connectivity index (χ4n) is 5.47. The van der Waals surface area contributed by atoms with Crippen molar-refractivity contribution in [3.63, 3.8) is 0 Å². The smallest absolute Gasteiger partial charge is 0.338 e. The molecule has 1 atom stereocenters. The number of fused-ring (bicyclic) bond motifs is 1. The molecule has 1 aliphatic rings. The number of allylic oxidation sites excluding steroid dienone is 1. The first-order chi connectivity index (χ1) is 17.0. The van der Waals surface area contributed by atoms with E-state index in [0.717, 1.165) is 51.1 Å². The lowest BCUT2D eigenvalue weighted by Gasteiger charge is -2.33. The highest BCUT2D eigenvalue weighted by Gasteiger charge is 2.41. The summed E-state index contributed by atoms with van der Waals surface area (Å²) in [6.07, 6.45) is 0. The largest absolute Gasteiger partial charge is 0.465 e. The Bertz CT molecular complexity index is 1250. The zero-order valence-electron chi connectivity index (χ0n) is 22.3. The first kappa shape index (κ1) is 28.8. The topological polar surface area (TPSA) is 63.7 Å². The van der Waals surface area contributed by atoms with Gasteiger partial charge in [-0.15, -0.1) is 0 Å². The van der Waals surface area contributed by atoms with Gasteiger partial charge >= 0.3 is 5.97 Å². The van der Waals surface area contributed by atoms with Gasteiger partial charge < -0.3 is 4.74 Å². The van der Waals surface area contributed by atoms with Crippen LogP contribution in [0.5, 0.6) is 0 Å². The molecule has 3 rings (SSSR count). The van der Waals surface area contributed by atoms with Crippen molar-refractivity contribution in [3.8, 4) is 0 Å². The molecule has 0 saturated carbocycles. The number of sulfonamides is 1. The number of nitrogens with zero attached hydrogens (tertiary/aromatic N) is 1. The first-order valence-electron chi connectivity index (χ1n) is 12.6. The predicted octanol–water partition coefficient (Wildman–Crippen LogP) is 6.26. The summed E-state index contributed by atoms with van der Waals surface area (Å²) in [5, 5.41) is 1.77. The highest BCUT2D eigenvalue weighted by molar-refractivity contribution is 9.09. The van der Waals surface area contributed by atoms with E-state index in [2.05, 4.69) is 49.3 Å². The molecule has 0 fully saturated rings. The average molecular weight is 593 g/mol. The molecule has 0 aliphatic carbocycles. The van der Waals surface area contributed by atoms with Gasteiger partial charge in [0.15, 0.2) is 0 Å². The Morgan fingerprint density at radius 2 is 1.67 bits per heavy atom. The number of rotatable bonds is 10. The Kier molecular flexibility index (Phi) is 9.07. The van der Waals surface area contributed by atoms with E-state index in [1.165, 1.54) is 11.4 Å². The number of aryl methyl sites for hydroxylation is 1. The second-order valence-corrected chi connectivity index (χ2v) is 17.6. The zero-order chi connectivity index (χ0) is 26.8. The number of esters is 1. The molecular formula is C28H38BrNO4SSi. The van der Waals surface area contributed by atoms with Gasteiger partial charge in [0.05, 0.1) is 25.6 Å². The fourth-order valence-corrected chi connectivity index (χ4v) is 11.6. The van der Waals surface area contributed by atoms with E-state index in [1.54, 1.807) is 12.1 Å². The molecule has 0 saturated heterocycles. The maximum Gasteiger partial charge on any atom is 0.338 e. The van der Waals surface area contributed by atoms with E-state index in [0.29, 0.717) is 10.9 Å². The van der Waals surface area contributed by atoms with Crippen molar-refractivity contribution < 1.29 is 17.9 Å². The minimum atomic E-state index is -3.75. The van der Waals surface area contributed by atoms with Crippen LogP contribution in [0.4, 0.5) is 0 Å². The van der Waals surface area contributed by atoms with Crippen LogP contribution >= 0.6 is 15.9 Å². The van der Waals surface area contributed by atoms with E-state index < -0.39 is 18.1 Å². The molecule has 2 aromatic carbocycles. The molecule has 1 unspecified atom stereocenters. The summed E-state index contributed by atoms with van der Waals surface area (Å²) in [6.45, 7) is 15.2. The molecule has 0 amide bonds. The minimum absolute atomic E-state index is 0.0171. The van der Waals surface area contributed by atoms with Crippen LogP contribution in [-0.2, 0) is 27.8 Å². The van der Waals surface area contributed by atoms with Crippen molar-refractivity contribution >= 4 is 45.2 Å².